The summed E-state index contributed by atoms with van der Waals surface area (Å²) < 4.78 is 0. The lowest BCUT2D eigenvalue weighted by Crippen LogP contribution is -2.41. The van der Waals surface area contributed by atoms with E-state index in [0.29, 0.717) is 12.0 Å². The normalized spacial score (nSPS) is 13.7. The number of thiophene rings is 1. The van der Waals surface area contributed by atoms with Crippen LogP contribution in [0.1, 0.15) is 23.6 Å². The Labute approximate surface area is 104 Å². The van der Waals surface area contributed by atoms with Crippen molar-refractivity contribution >= 4 is 11.3 Å². The molecule has 0 spiro atoms. The molecule has 16 heavy (non-hydrogen) atoms. The second-order valence-corrected chi connectivity index (χ2v) is 6.38. The van der Waals surface area contributed by atoms with Crippen LogP contribution < -0.4 is 5.32 Å². The van der Waals surface area contributed by atoms with Crippen LogP contribution >= 0.6 is 11.3 Å². The molecule has 0 saturated heterocycles. The van der Waals surface area contributed by atoms with Crippen LogP contribution in [0, 0.1) is 12.8 Å². The van der Waals surface area contributed by atoms with Crippen LogP contribution in [0.25, 0.3) is 0 Å². The molecule has 1 atom stereocenters. The zero-order valence-corrected chi connectivity index (χ0v) is 11.9. The molecule has 0 fully saturated rings. The molecule has 0 radical (unpaired) electrons. The Kier molecular flexibility index (Phi) is 5.46. The molecule has 1 rings (SSSR count). The van der Waals surface area contributed by atoms with Crippen molar-refractivity contribution in [2.24, 2.45) is 5.92 Å². The average Bonchev–Trinajstić information content (AvgIpc) is 2.58. The van der Waals surface area contributed by atoms with Crippen molar-refractivity contribution in [3.05, 3.63) is 21.9 Å². The lowest BCUT2D eigenvalue weighted by molar-refractivity contribution is 0.288. The molecule has 1 aromatic heterocycles. The summed E-state index contributed by atoms with van der Waals surface area (Å²) in [6, 6.07) is 4.98. The van der Waals surface area contributed by atoms with Gasteiger partial charge >= 0.3 is 0 Å². The van der Waals surface area contributed by atoms with Gasteiger partial charge in [0.1, 0.15) is 0 Å². The standard InChI is InChI=1S/C13H24N2S/c1-10(2)13(9-15(4)5)14-8-12-7-6-11(3)16-12/h6-7,10,13-14H,8-9H2,1-5H3. The quantitative estimate of drug-likeness (QED) is 0.822. The summed E-state index contributed by atoms with van der Waals surface area (Å²) in [6.45, 7) is 8.81. The van der Waals surface area contributed by atoms with E-state index in [1.807, 2.05) is 11.3 Å². The van der Waals surface area contributed by atoms with E-state index in [1.54, 1.807) is 0 Å². The number of likely N-dealkylation sites (N-methyl/N-ethyl adjacent to an activating group) is 1. The molecule has 1 heterocycles. The SMILES string of the molecule is Cc1ccc(CNC(CN(C)C)C(C)C)s1. The fourth-order valence-corrected chi connectivity index (χ4v) is 2.56. The van der Waals surface area contributed by atoms with Crippen molar-refractivity contribution in [3.8, 4) is 0 Å². The van der Waals surface area contributed by atoms with E-state index in [2.05, 4.69) is 57.2 Å². The van der Waals surface area contributed by atoms with Gasteiger partial charge in [-0.2, -0.15) is 0 Å². The average molecular weight is 240 g/mol. The topological polar surface area (TPSA) is 15.3 Å². The van der Waals surface area contributed by atoms with Gasteiger partial charge in [0.2, 0.25) is 0 Å². The maximum absolute atomic E-state index is 3.65. The largest absolute Gasteiger partial charge is 0.308 e. The molecular formula is C13H24N2S. The summed E-state index contributed by atoms with van der Waals surface area (Å²) in [5.74, 6) is 0.670. The molecule has 92 valence electrons. The Bertz CT molecular complexity index is 305. The molecule has 0 aliphatic heterocycles. The Morgan fingerprint density at radius 2 is 2.00 bits per heavy atom. The molecule has 1 aromatic rings. The van der Waals surface area contributed by atoms with Crippen molar-refractivity contribution in [2.45, 2.75) is 33.4 Å². The number of rotatable bonds is 6. The highest BCUT2D eigenvalue weighted by molar-refractivity contribution is 7.11. The first kappa shape index (κ1) is 13.7. The van der Waals surface area contributed by atoms with E-state index in [1.165, 1.54) is 9.75 Å². The Balaban J connectivity index is 2.43. The van der Waals surface area contributed by atoms with Crippen molar-refractivity contribution in [1.82, 2.24) is 10.2 Å². The van der Waals surface area contributed by atoms with Crippen LogP contribution in [-0.4, -0.2) is 31.6 Å². The van der Waals surface area contributed by atoms with E-state index in [0.717, 1.165) is 13.1 Å². The molecule has 1 unspecified atom stereocenters. The fraction of sp³-hybridized carbons (Fsp3) is 0.692. The van der Waals surface area contributed by atoms with Crippen molar-refractivity contribution in [3.63, 3.8) is 0 Å². The van der Waals surface area contributed by atoms with Gasteiger partial charge < -0.3 is 10.2 Å². The van der Waals surface area contributed by atoms with Gasteiger partial charge in [-0.05, 0) is 39.1 Å². The first-order valence-corrected chi connectivity index (χ1v) is 6.74. The van der Waals surface area contributed by atoms with Crippen LogP contribution in [0.2, 0.25) is 0 Å². The summed E-state index contributed by atoms with van der Waals surface area (Å²) in [5, 5.41) is 3.65. The Morgan fingerprint density at radius 3 is 2.44 bits per heavy atom. The molecular weight excluding hydrogens is 216 g/mol. The van der Waals surface area contributed by atoms with Crippen molar-refractivity contribution < 1.29 is 0 Å². The van der Waals surface area contributed by atoms with E-state index < -0.39 is 0 Å². The predicted molar refractivity (Wildman–Crippen MR) is 73.1 cm³/mol. The molecule has 2 nitrogen and oxygen atoms in total. The number of nitrogens with one attached hydrogen (secondary N) is 1. The van der Waals surface area contributed by atoms with Crippen LogP contribution in [0.4, 0.5) is 0 Å². The van der Waals surface area contributed by atoms with E-state index in [9.17, 15) is 0 Å². The number of hydrogen-bond donors (Lipinski definition) is 1. The molecule has 0 aromatic carbocycles. The van der Waals surface area contributed by atoms with Crippen LogP contribution in [0.3, 0.4) is 0 Å². The van der Waals surface area contributed by atoms with Crippen molar-refractivity contribution in [1.29, 1.82) is 0 Å². The zero-order valence-electron chi connectivity index (χ0n) is 11.1. The van der Waals surface area contributed by atoms with Crippen molar-refractivity contribution in [2.75, 3.05) is 20.6 Å². The zero-order chi connectivity index (χ0) is 12.1. The van der Waals surface area contributed by atoms with Gasteiger partial charge in [-0.1, -0.05) is 13.8 Å². The third kappa shape index (κ3) is 4.64. The summed E-state index contributed by atoms with van der Waals surface area (Å²) >= 11 is 1.88. The van der Waals surface area contributed by atoms with Gasteiger partial charge in [0.05, 0.1) is 0 Å². The lowest BCUT2D eigenvalue weighted by atomic mass is 10.0. The molecule has 0 amide bonds. The van der Waals surface area contributed by atoms with E-state index in [4.69, 9.17) is 0 Å². The molecule has 0 bridgehead atoms. The predicted octanol–water partition coefficient (Wildman–Crippen LogP) is 2.73. The first-order chi connectivity index (χ1) is 7.49. The lowest BCUT2D eigenvalue weighted by Gasteiger charge is -2.25. The fourth-order valence-electron chi connectivity index (χ4n) is 1.72. The first-order valence-electron chi connectivity index (χ1n) is 5.92. The molecule has 1 N–H and O–H groups in total. The summed E-state index contributed by atoms with van der Waals surface area (Å²) in [5.41, 5.74) is 0. The van der Waals surface area contributed by atoms with E-state index >= 15 is 0 Å². The minimum Gasteiger partial charge on any atom is -0.308 e. The highest BCUT2D eigenvalue weighted by Gasteiger charge is 2.13. The Morgan fingerprint density at radius 1 is 1.31 bits per heavy atom. The minimum absolute atomic E-state index is 0.567. The van der Waals surface area contributed by atoms with Crippen LogP contribution in [-0.2, 0) is 6.54 Å². The molecule has 0 saturated carbocycles. The maximum atomic E-state index is 3.65. The summed E-state index contributed by atoms with van der Waals surface area (Å²) in [4.78, 5) is 5.07. The van der Waals surface area contributed by atoms with E-state index in [-0.39, 0.29) is 0 Å². The summed E-state index contributed by atoms with van der Waals surface area (Å²) in [6.07, 6.45) is 0. The monoisotopic (exact) mass is 240 g/mol. The van der Waals surface area contributed by atoms with Gasteiger partial charge in [-0.3, -0.25) is 0 Å². The molecule has 0 aliphatic rings. The van der Waals surface area contributed by atoms with Gasteiger partial charge in [0.25, 0.3) is 0 Å². The third-order valence-corrected chi connectivity index (χ3v) is 3.70. The van der Waals surface area contributed by atoms with Crippen LogP contribution in [0.15, 0.2) is 12.1 Å². The smallest absolute Gasteiger partial charge is 0.0303 e. The second-order valence-electron chi connectivity index (χ2n) is 5.01. The number of aryl methyl sites for hydroxylation is 1. The Hall–Kier alpha value is -0.380. The highest BCUT2D eigenvalue weighted by atomic mass is 32.1. The minimum atomic E-state index is 0.567. The molecule has 0 aliphatic carbocycles. The third-order valence-electron chi connectivity index (χ3n) is 2.70. The number of hydrogen-bond acceptors (Lipinski definition) is 3. The second kappa shape index (κ2) is 6.38. The van der Waals surface area contributed by atoms with Gasteiger partial charge in [-0.15, -0.1) is 11.3 Å². The highest BCUT2D eigenvalue weighted by Crippen LogP contribution is 2.15. The molecule has 3 heteroatoms. The summed E-state index contributed by atoms with van der Waals surface area (Å²) in [7, 11) is 4.26. The number of nitrogens with zero attached hydrogens (tertiary/aromatic N) is 1. The van der Waals surface area contributed by atoms with Gasteiger partial charge in [-0.25, -0.2) is 0 Å². The maximum Gasteiger partial charge on any atom is 0.0303 e. The van der Waals surface area contributed by atoms with Crippen LogP contribution in [0.5, 0.6) is 0 Å². The van der Waals surface area contributed by atoms with Gasteiger partial charge in [0.15, 0.2) is 0 Å². The van der Waals surface area contributed by atoms with Gasteiger partial charge in [0, 0.05) is 28.9 Å².